The maximum Gasteiger partial charge on any atom is 0.302 e. The fourth-order valence-electron chi connectivity index (χ4n) is 2.22. The first-order chi connectivity index (χ1) is 12.4. The van der Waals surface area contributed by atoms with Gasteiger partial charge in [-0.25, -0.2) is 0 Å². The highest BCUT2D eigenvalue weighted by atomic mass is 16.5. The molecule has 0 aliphatic carbocycles. The van der Waals surface area contributed by atoms with E-state index in [0.29, 0.717) is 36.6 Å². The molecule has 26 heavy (non-hydrogen) atoms. The lowest BCUT2D eigenvalue weighted by molar-refractivity contribution is -0.141. The Hall–Kier alpha value is -2.77. The van der Waals surface area contributed by atoms with E-state index in [4.69, 9.17) is 14.2 Å². The summed E-state index contributed by atoms with van der Waals surface area (Å²) in [7, 11) is 1.54. The molecule has 0 saturated heterocycles. The van der Waals surface area contributed by atoms with Gasteiger partial charge in [0.2, 0.25) is 5.91 Å². The Morgan fingerprint density at radius 3 is 2.08 bits per heavy atom. The second-order valence-electron chi connectivity index (χ2n) is 5.46. The maximum absolute atomic E-state index is 11.6. The number of hydrogen-bond acceptors (Lipinski definition) is 7. The second-order valence-corrected chi connectivity index (χ2v) is 5.46. The third-order valence-electron chi connectivity index (χ3n) is 3.46. The van der Waals surface area contributed by atoms with E-state index in [1.165, 1.54) is 13.8 Å². The number of methoxy groups -OCH3 is 1. The average molecular weight is 366 g/mol. The van der Waals surface area contributed by atoms with Gasteiger partial charge in [0.25, 0.3) is 0 Å². The third kappa shape index (κ3) is 7.42. The lowest BCUT2D eigenvalue weighted by atomic mass is 10.2. The molecule has 0 heterocycles. The summed E-state index contributed by atoms with van der Waals surface area (Å²) in [4.78, 5) is 35.5. The topological polar surface area (TPSA) is 94.2 Å². The number of carbonyl (C=O) groups excluding carboxylic acids is 3. The SMILES string of the molecule is CCC(=O)Nc1ccc(OC)c(N(CCOC(C)=O)CCOC(C)=O)c1. The fourth-order valence-corrected chi connectivity index (χ4v) is 2.22. The highest BCUT2D eigenvalue weighted by molar-refractivity contribution is 5.91. The summed E-state index contributed by atoms with van der Waals surface area (Å²) in [6, 6.07) is 5.26. The highest BCUT2D eigenvalue weighted by Gasteiger charge is 2.15. The molecule has 1 amide bonds. The van der Waals surface area contributed by atoms with Gasteiger partial charge in [-0.15, -0.1) is 0 Å². The van der Waals surface area contributed by atoms with Crippen LogP contribution in [-0.4, -0.2) is 51.3 Å². The molecule has 1 aromatic carbocycles. The van der Waals surface area contributed by atoms with Gasteiger partial charge in [0.1, 0.15) is 19.0 Å². The number of amides is 1. The molecule has 1 N–H and O–H groups in total. The van der Waals surface area contributed by atoms with Crippen molar-refractivity contribution in [2.24, 2.45) is 0 Å². The number of anilines is 2. The van der Waals surface area contributed by atoms with Gasteiger partial charge >= 0.3 is 11.9 Å². The predicted molar refractivity (Wildman–Crippen MR) is 97.4 cm³/mol. The number of esters is 2. The Balaban J connectivity index is 3.01. The van der Waals surface area contributed by atoms with Crippen molar-refractivity contribution in [3.8, 4) is 5.75 Å². The zero-order chi connectivity index (χ0) is 19.5. The van der Waals surface area contributed by atoms with Gasteiger partial charge in [-0.2, -0.15) is 0 Å². The van der Waals surface area contributed by atoms with Crippen molar-refractivity contribution in [1.29, 1.82) is 0 Å². The molecule has 8 heteroatoms. The standard InChI is InChI=1S/C18H26N2O6/c1-5-18(23)19-15-6-7-17(24-4)16(12-15)20(8-10-25-13(2)21)9-11-26-14(3)22/h6-7,12H,5,8-11H2,1-4H3,(H,19,23). The van der Waals surface area contributed by atoms with E-state index in [2.05, 4.69) is 5.32 Å². The molecule has 1 aromatic rings. The van der Waals surface area contributed by atoms with Crippen LogP contribution in [0.25, 0.3) is 0 Å². The van der Waals surface area contributed by atoms with Crippen LogP contribution >= 0.6 is 0 Å². The molecule has 0 fully saturated rings. The number of ether oxygens (including phenoxy) is 3. The van der Waals surface area contributed by atoms with Crippen LogP contribution in [0.1, 0.15) is 27.2 Å². The molecule has 0 spiro atoms. The normalized spacial score (nSPS) is 10.0. The van der Waals surface area contributed by atoms with Crippen LogP contribution in [0.2, 0.25) is 0 Å². The van der Waals surface area contributed by atoms with Crippen molar-refractivity contribution in [2.45, 2.75) is 27.2 Å². The summed E-state index contributed by atoms with van der Waals surface area (Å²) in [5.41, 5.74) is 1.32. The molecular weight excluding hydrogens is 340 g/mol. The number of rotatable bonds is 10. The van der Waals surface area contributed by atoms with Gasteiger partial charge in [-0.3, -0.25) is 14.4 Å². The van der Waals surface area contributed by atoms with Crippen molar-refractivity contribution in [3.05, 3.63) is 18.2 Å². The van der Waals surface area contributed by atoms with Crippen molar-refractivity contribution in [3.63, 3.8) is 0 Å². The zero-order valence-electron chi connectivity index (χ0n) is 15.7. The van der Waals surface area contributed by atoms with Gasteiger partial charge in [0.15, 0.2) is 0 Å². The molecule has 0 atom stereocenters. The van der Waals surface area contributed by atoms with E-state index in [-0.39, 0.29) is 31.1 Å². The summed E-state index contributed by atoms with van der Waals surface area (Å²) < 4.78 is 15.4. The van der Waals surface area contributed by atoms with Gasteiger partial charge < -0.3 is 24.4 Å². The largest absolute Gasteiger partial charge is 0.495 e. The Labute approximate surface area is 153 Å². The molecule has 0 aliphatic heterocycles. The summed E-state index contributed by atoms with van der Waals surface area (Å²) in [6.45, 7) is 5.54. The van der Waals surface area contributed by atoms with E-state index in [1.54, 1.807) is 32.2 Å². The van der Waals surface area contributed by atoms with Crippen LogP contribution in [0.3, 0.4) is 0 Å². The van der Waals surface area contributed by atoms with E-state index in [1.807, 2.05) is 4.90 Å². The summed E-state index contributed by atoms with van der Waals surface area (Å²) in [5.74, 6) is -0.264. The van der Waals surface area contributed by atoms with Crippen molar-refractivity contribution >= 4 is 29.2 Å². The first-order valence-corrected chi connectivity index (χ1v) is 8.37. The van der Waals surface area contributed by atoms with Crippen LogP contribution < -0.4 is 15.0 Å². The monoisotopic (exact) mass is 366 g/mol. The molecule has 0 aromatic heterocycles. The minimum atomic E-state index is -0.374. The van der Waals surface area contributed by atoms with Gasteiger partial charge in [0.05, 0.1) is 25.9 Å². The van der Waals surface area contributed by atoms with Gasteiger partial charge in [-0.1, -0.05) is 6.92 Å². The Morgan fingerprint density at radius 2 is 1.62 bits per heavy atom. The first-order valence-electron chi connectivity index (χ1n) is 8.37. The van der Waals surface area contributed by atoms with Gasteiger partial charge in [-0.05, 0) is 18.2 Å². The fraction of sp³-hybridized carbons (Fsp3) is 0.500. The van der Waals surface area contributed by atoms with E-state index < -0.39 is 0 Å². The zero-order valence-corrected chi connectivity index (χ0v) is 15.7. The third-order valence-corrected chi connectivity index (χ3v) is 3.46. The molecule has 0 aliphatic rings. The van der Waals surface area contributed by atoms with Crippen molar-refractivity contribution < 1.29 is 28.6 Å². The summed E-state index contributed by atoms with van der Waals surface area (Å²) >= 11 is 0. The van der Waals surface area contributed by atoms with E-state index in [0.717, 1.165) is 0 Å². The molecule has 0 bridgehead atoms. The van der Waals surface area contributed by atoms with Crippen molar-refractivity contribution in [2.75, 3.05) is 43.6 Å². The predicted octanol–water partition coefficient (Wildman–Crippen LogP) is 1.98. The Kier molecular flexibility index (Phi) is 8.97. The van der Waals surface area contributed by atoms with Crippen LogP contribution in [0.5, 0.6) is 5.75 Å². The van der Waals surface area contributed by atoms with Gasteiger partial charge in [0, 0.05) is 26.0 Å². The number of nitrogens with one attached hydrogen (secondary N) is 1. The Morgan fingerprint density at radius 1 is 1.04 bits per heavy atom. The second kappa shape index (κ2) is 11.0. The smallest absolute Gasteiger partial charge is 0.302 e. The average Bonchev–Trinajstić information content (AvgIpc) is 2.59. The van der Waals surface area contributed by atoms with Crippen LogP contribution in [0, 0.1) is 0 Å². The quantitative estimate of drug-likeness (QED) is 0.633. The molecule has 0 unspecified atom stereocenters. The van der Waals surface area contributed by atoms with Crippen LogP contribution in [-0.2, 0) is 23.9 Å². The molecule has 0 radical (unpaired) electrons. The number of benzene rings is 1. The molecule has 1 rings (SSSR count). The Bertz CT molecular complexity index is 612. The lowest BCUT2D eigenvalue weighted by Gasteiger charge is -2.26. The molecule has 144 valence electrons. The molecular formula is C18H26N2O6. The number of carbonyl (C=O) groups is 3. The van der Waals surface area contributed by atoms with E-state index >= 15 is 0 Å². The number of nitrogens with zero attached hydrogens (tertiary/aromatic N) is 1. The summed E-state index contributed by atoms with van der Waals surface area (Å²) in [5, 5.41) is 2.79. The lowest BCUT2D eigenvalue weighted by Crippen LogP contribution is -2.32. The van der Waals surface area contributed by atoms with E-state index in [9.17, 15) is 14.4 Å². The minimum Gasteiger partial charge on any atom is -0.495 e. The minimum absolute atomic E-state index is 0.104. The molecule has 0 saturated carbocycles. The van der Waals surface area contributed by atoms with Crippen LogP contribution in [0.15, 0.2) is 18.2 Å². The number of hydrogen-bond donors (Lipinski definition) is 1. The first kappa shape index (κ1) is 21.3. The summed E-state index contributed by atoms with van der Waals surface area (Å²) in [6.07, 6.45) is 0.365. The highest BCUT2D eigenvalue weighted by Crippen LogP contribution is 2.31. The van der Waals surface area contributed by atoms with Crippen molar-refractivity contribution in [1.82, 2.24) is 0 Å². The van der Waals surface area contributed by atoms with Crippen LogP contribution in [0.4, 0.5) is 11.4 Å². The maximum atomic E-state index is 11.6. The molecule has 8 nitrogen and oxygen atoms in total.